The molecule has 0 aliphatic heterocycles. The molecule has 4 heteroatoms. The van der Waals surface area contributed by atoms with E-state index in [1.165, 1.54) is 25.3 Å². The molecule has 18 heavy (non-hydrogen) atoms. The zero-order valence-corrected chi connectivity index (χ0v) is 11.4. The smallest absolute Gasteiger partial charge is 0.135 e. The SMILES string of the molecule is CC1CCCCC1Nc1ccc(C(N)=S)c(F)c1. The van der Waals surface area contributed by atoms with Crippen molar-refractivity contribution >= 4 is 22.9 Å². The highest BCUT2D eigenvalue weighted by Crippen LogP contribution is 2.27. The quantitative estimate of drug-likeness (QED) is 0.823. The number of benzene rings is 1. The fourth-order valence-corrected chi connectivity index (χ4v) is 2.72. The summed E-state index contributed by atoms with van der Waals surface area (Å²) in [4.78, 5) is 0.102. The maximum absolute atomic E-state index is 13.7. The predicted molar refractivity (Wildman–Crippen MR) is 77.3 cm³/mol. The number of thiocarbonyl (C=S) groups is 1. The van der Waals surface area contributed by atoms with Gasteiger partial charge in [0.25, 0.3) is 0 Å². The van der Waals surface area contributed by atoms with E-state index in [0.29, 0.717) is 17.5 Å². The van der Waals surface area contributed by atoms with Crippen LogP contribution in [-0.4, -0.2) is 11.0 Å². The number of nitrogens with two attached hydrogens (primary N) is 1. The van der Waals surface area contributed by atoms with Gasteiger partial charge in [-0.1, -0.05) is 32.0 Å². The van der Waals surface area contributed by atoms with Crippen LogP contribution in [0.4, 0.5) is 10.1 Å². The normalized spacial score (nSPS) is 23.7. The van der Waals surface area contributed by atoms with Gasteiger partial charge in [0.15, 0.2) is 0 Å². The Bertz CT molecular complexity index is 447. The maximum Gasteiger partial charge on any atom is 0.135 e. The van der Waals surface area contributed by atoms with Crippen LogP contribution in [0.1, 0.15) is 38.2 Å². The number of nitrogens with one attached hydrogen (secondary N) is 1. The first-order chi connectivity index (χ1) is 8.58. The average Bonchev–Trinajstić information content (AvgIpc) is 2.32. The first-order valence-corrected chi connectivity index (χ1v) is 6.84. The zero-order chi connectivity index (χ0) is 13.1. The summed E-state index contributed by atoms with van der Waals surface area (Å²) in [7, 11) is 0. The lowest BCUT2D eigenvalue weighted by molar-refractivity contribution is 0.349. The molecule has 0 radical (unpaired) electrons. The molecule has 1 saturated carbocycles. The molecule has 0 heterocycles. The fraction of sp³-hybridized carbons (Fsp3) is 0.500. The third-order valence-corrected chi connectivity index (χ3v) is 3.92. The van der Waals surface area contributed by atoms with Crippen molar-refractivity contribution in [3.05, 3.63) is 29.6 Å². The summed E-state index contributed by atoms with van der Waals surface area (Å²) < 4.78 is 13.7. The molecule has 0 bridgehead atoms. The highest BCUT2D eigenvalue weighted by Gasteiger charge is 2.21. The molecule has 0 aromatic heterocycles. The summed E-state index contributed by atoms with van der Waals surface area (Å²) in [6.07, 6.45) is 4.94. The van der Waals surface area contributed by atoms with Crippen molar-refractivity contribution in [2.75, 3.05) is 5.32 Å². The first kappa shape index (κ1) is 13.3. The minimum Gasteiger partial charge on any atom is -0.389 e. The van der Waals surface area contributed by atoms with Crippen LogP contribution in [0.3, 0.4) is 0 Å². The molecular weight excluding hydrogens is 247 g/mol. The second-order valence-electron chi connectivity index (χ2n) is 5.07. The molecule has 2 unspecified atom stereocenters. The monoisotopic (exact) mass is 266 g/mol. The summed E-state index contributed by atoms with van der Waals surface area (Å²) in [5.41, 5.74) is 6.57. The van der Waals surface area contributed by atoms with E-state index in [1.807, 2.05) is 6.07 Å². The lowest BCUT2D eigenvalue weighted by Gasteiger charge is -2.30. The van der Waals surface area contributed by atoms with Gasteiger partial charge in [-0.05, 0) is 37.0 Å². The summed E-state index contributed by atoms with van der Waals surface area (Å²) in [5, 5.41) is 3.41. The second kappa shape index (κ2) is 5.65. The number of hydrogen-bond donors (Lipinski definition) is 2. The Labute approximate surface area is 113 Å². The molecule has 1 aliphatic carbocycles. The Morgan fingerprint density at radius 3 is 2.72 bits per heavy atom. The Morgan fingerprint density at radius 2 is 2.11 bits per heavy atom. The fourth-order valence-electron chi connectivity index (χ4n) is 2.55. The van der Waals surface area contributed by atoms with Gasteiger partial charge < -0.3 is 11.1 Å². The molecule has 3 N–H and O–H groups in total. The van der Waals surface area contributed by atoms with Crippen LogP contribution in [-0.2, 0) is 0 Å². The minimum atomic E-state index is -0.351. The summed E-state index contributed by atoms with van der Waals surface area (Å²) in [6, 6.07) is 5.41. The lowest BCUT2D eigenvalue weighted by Crippen LogP contribution is -2.30. The van der Waals surface area contributed by atoms with E-state index in [4.69, 9.17) is 18.0 Å². The molecule has 0 saturated heterocycles. The van der Waals surface area contributed by atoms with Gasteiger partial charge in [0.2, 0.25) is 0 Å². The van der Waals surface area contributed by atoms with Crippen LogP contribution >= 0.6 is 12.2 Å². The Hall–Kier alpha value is -1.16. The molecule has 2 rings (SSSR count). The molecule has 98 valence electrons. The molecule has 0 spiro atoms. The van der Waals surface area contributed by atoms with Crippen molar-refractivity contribution in [1.29, 1.82) is 0 Å². The van der Waals surface area contributed by atoms with Crippen molar-refractivity contribution in [2.45, 2.75) is 38.6 Å². The van der Waals surface area contributed by atoms with Gasteiger partial charge in [-0.2, -0.15) is 0 Å². The van der Waals surface area contributed by atoms with Gasteiger partial charge in [0, 0.05) is 17.3 Å². The Balaban J connectivity index is 2.10. The van der Waals surface area contributed by atoms with Crippen molar-refractivity contribution in [3.63, 3.8) is 0 Å². The second-order valence-corrected chi connectivity index (χ2v) is 5.51. The van der Waals surface area contributed by atoms with Crippen molar-refractivity contribution < 1.29 is 4.39 Å². The lowest BCUT2D eigenvalue weighted by atomic mass is 9.86. The van der Waals surface area contributed by atoms with Crippen LogP contribution in [0.15, 0.2) is 18.2 Å². The topological polar surface area (TPSA) is 38.0 Å². The highest BCUT2D eigenvalue weighted by atomic mass is 32.1. The van der Waals surface area contributed by atoms with E-state index < -0.39 is 0 Å². The number of anilines is 1. The molecule has 2 nitrogen and oxygen atoms in total. The van der Waals surface area contributed by atoms with Gasteiger partial charge in [0.1, 0.15) is 10.8 Å². The predicted octanol–water partition coefficient (Wildman–Crippen LogP) is 3.45. The van der Waals surface area contributed by atoms with E-state index in [9.17, 15) is 4.39 Å². The molecule has 2 atom stereocenters. The minimum absolute atomic E-state index is 0.102. The molecule has 1 aromatic rings. The Kier molecular flexibility index (Phi) is 4.17. The molecule has 1 aliphatic rings. The van der Waals surface area contributed by atoms with Gasteiger partial charge in [0.05, 0.1) is 0 Å². The van der Waals surface area contributed by atoms with E-state index in [1.54, 1.807) is 6.07 Å². The molecule has 1 fully saturated rings. The standard InChI is InChI=1S/C14H19FN2S/c1-9-4-2-3-5-13(9)17-10-6-7-11(14(16)18)12(15)8-10/h6-9,13,17H,2-5H2,1H3,(H2,16,18). The van der Waals surface area contributed by atoms with Gasteiger partial charge in [-0.25, -0.2) is 4.39 Å². The van der Waals surface area contributed by atoms with Crippen molar-refractivity contribution in [2.24, 2.45) is 11.7 Å². The summed E-state index contributed by atoms with van der Waals surface area (Å²) >= 11 is 4.79. The number of rotatable bonds is 3. The first-order valence-electron chi connectivity index (χ1n) is 6.44. The van der Waals surface area contributed by atoms with E-state index >= 15 is 0 Å². The summed E-state index contributed by atoms with van der Waals surface area (Å²) in [6.45, 7) is 2.25. The van der Waals surface area contributed by atoms with Crippen LogP contribution in [0.5, 0.6) is 0 Å². The van der Waals surface area contributed by atoms with Gasteiger partial charge in [-0.3, -0.25) is 0 Å². The largest absolute Gasteiger partial charge is 0.389 e. The van der Waals surface area contributed by atoms with E-state index in [2.05, 4.69) is 12.2 Å². The van der Waals surface area contributed by atoms with Crippen molar-refractivity contribution in [3.8, 4) is 0 Å². The maximum atomic E-state index is 13.7. The number of hydrogen-bond acceptors (Lipinski definition) is 2. The van der Waals surface area contributed by atoms with E-state index in [-0.39, 0.29) is 10.8 Å². The van der Waals surface area contributed by atoms with Crippen LogP contribution in [0.25, 0.3) is 0 Å². The average molecular weight is 266 g/mol. The molecular formula is C14H19FN2S. The Morgan fingerprint density at radius 1 is 1.39 bits per heavy atom. The van der Waals surface area contributed by atoms with E-state index in [0.717, 1.165) is 12.1 Å². The van der Waals surface area contributed by atoms with Crippen LogP contribution in [0, 0.1) is 11.7 Å². The van der Waals surface area contributed by atoms with Crippen LogP contribution < -0.4 is 11.1 Å². The zero-order valence-electron chi connectivity index (χ0n) is 10.6. The number of halogens is 1. The summed E-state index contributed by atoms with van der Waals surface area (Å²) in [5.74, 6) is 0.285. The highest BCUT2D eigenvalue weighted by molar-refractivity contribution is 7.80. The molecule has 0 amide bonds. The van der Waals surface area contributed by atoms with Crippen LogP contribution in [0.2, 0.25) is 0 Å². The third-order valence-electron chi connectivity index (χ3n) is 3.70. The van der Waals surface area contributed by atoms with Crippen molar-refractivity contribution in [1.82, 2.24) is 0 Å². The molecule has 1 aromatic carbocycles. The third kappa shape index (κ3) is 2.99. The van der Waals surface area contributed by atoms with Gasteiger partial charge in [-0.15, -0.1) is 0 Å². The van der Waals surface area contributed by atoms with Gasteiger partial charge >= 0.3 is 0 Å².